The van der Waals surface area contributed by atoms with Crippen molar-refractivity contribution in [1.29, 1.82) is 0 Å². The third-order valence-corrected chi connectivity index (χ3v) is 6.93. The molecule has 1 aliphatic heterocycles. The van der Waals surface area contributed by atoms with Gasteiger partial charge < -0.3 is 4.74 Å². The number of halogens is 1. The fraction of sp³-hybridized carbons (Fsp3) is 0.143. The Morgan fingerprint density at radius 2 is 1.73 bits per heavy atom. The van der Waals surface area contributed by atoms with Gasteiger partial charge in [0, 0.05) is 22.4 Å². The van der Waals surface area contributed by atoms with Crippen LogP contribution in [0.4, 0.5) is 0 Å². The van der Waals surface area contributed by atoms with Crippen molar-refractivity contribution in [1.82, 2.24) is 0 Å². The number of primary sulfonamides is 1. The summed E-state index contributed by atoms with van der Waals surface area (Å²) < 4.78 is 54.2. The number of hydrogen-bond donors (Lipinski definition) is 1. The Labute approximate surface area is 180 Å². The van der Waals surface area contributed by atoms with E-state index in [0.717, 1.165) is 11.8 Å². The molecular weight excluding hydrogens is 446 g/mol. The zero-order chi connectivity index (χ0) is 21.7. The molecule has 1 aliphatic rings. The van der Waals surface area contributed by atoms with Gasteiger partial charge in [0.25, 0.3) is 0 Å². The molecule has 0 spiro atoms. The van der Waals surface area contributed by atoms with E-state index in [0.29, 0.717) is 33.0 Å². The fourth-order valence-corrected chi connectivity index (χ4v) is 5.42. The van der Waals surface area contributed by atoms with Gasteiger partial charge in [-0.1, -0.05) is 48.0 Å². The van der Waals surface area contributed by atoms with Gasteiger partial charge in [-0.05, 0) is 41.0 Å². The molecule has 1 atom stereocenters. The molecule has 30 heavy (non-hydrogen) atoms. The Hall–Kier alpha value is -2.39. The van der Waals surface area contributed by atoms with Gasteiger partial charge in [-0.3, -0.25) is 0 Å². The van der Waals surface area contributed by atoms with E-state index in [1.165, 1.54) is 6.07 Å². The zero-order valence-corrected chi connectivity index (χ0v) is 18.3. The van der Waals surface area contributed by atoms with Gasteiger partial charge in [-0.15, -0.1) is 0 Å². The summed E-state index contributed by atoms with van der Waals surface area (Å²) in [7, 11) is -7.27. The van der Waals surface area contributed by atoms with Crippen molar-refractivity contribution in [3.05, 3.63) is 82.4 Å². The maximum atomic E-state index is 12.4. The Balaban J connectivity index is 1.99. The smallest absolute Gasteiger partial charge is 0.213 e. The lowest BCUT2D eigenvalue weighted by molar-refractivity contribution is 0.243. The van der Waals surface area contributed by atoms with Crippen LogP contribution in [0.15, 0.2) is 65.6 Å². The first-order valence-electron chi connectivity index (χ1n) is 8.92. The lowest BCUT2D eigenvalue weighted by atomic mass is 9.88. The van der Waals surface area contributed by atoms with E-state index in [2.05, 4.69) is 0 Å². The number of ether oxygens (including phenoxy) is 1. The van der Waals surface area contributed by atoms with E-state index in [-0.39, 0.29) is 10.6 Å². The average Bonchev–Trinajstić information content (AvgIpc) is 2.64. The molecule has 0 saturated heterocycles. The predicted octanol–water partition coefficient (Wildman–Crippen LogP) is 3.68. The molecule has 2 N–H and O–H groups in total. The number of hydrogen-bond acceptors (Lipinski definition) is 5. The number of rotatable bonds is 4. The van der Waals surface area contributed by atoms with Crippen LogP contribution in [0.5, 0.6) is 5.75 Å². The number of fused-ring (bicyclic) bond motifs is 3. The van der Waals surface area contributed by atoms with E-state index in [1.807, 2.05) is 6.07 Å². The van der Waals surface area contributed by atoms with Crippen molar-refractivity contribution in [2.45, 2.75) is 16.8 Å². The summed E-state index contributed by atoms with van der Waals surface area (Å²) in [5, 5.41) is 5.73. The van der Waals surface area contributed by atoms with Gasteiger partial charge in [0.2, 0.25) is 10.0 Å². The third-order valence-electron chi connectivity index (χ3n) is 4.82. The maximum Gasteiger partial charge on any atom is 0.213 e. The SMILES string of the molecule is CS(=O)(=O)c1cccc2c1-c1ccc(CS(N)(=O)=O)cc1C(c1cccc(Cl)c1)O2. The number of sulfonamides is 1. The maximum absolute atomic E-state index is 12.4. The van der Waals surface area contributed by atoms with E-state index >= 15 is 0 Å². The summed E-state index contributed by atoms with van der Waals surface area (Å²) in [4.78, 5) is 0.144. The minimum Gasteiger partial charge on any atom is -0.480 e. The van der Waals surface area contributed by atoms with Crippen LogP contribution < -0.4 is 9.88 Å². The summed E-state index contributed by atoms with van der Waals surface area (Å²) in [6, 6.07) is 17.0. The quantitative estimate of drug-likeness (QED) is 0.635. The number of nitrogens with two attached hydrogens (primary N) is 1. The molecule has 1 heterocycles. The topological polar surface area (TPSA) is 104 Å². The molecule has 0 bridgehead atoms. The van der Waals surface area contributed by atoms with Crippen LogP contribution in [-0.2, 0) is 25.6 Å². The van der Waals surface area contributed by atoms with E-state index in [4.69, 9.17) is 21.5 Å². The highest BCUT2D eigenvalue weighted by molar-refractivity contribution is 7.90. The van der Waals surface area contributed by atoms with Crippen molar-refractivity contribution < 1.29 is 21.6 Å². The zero-order valence-electron chi connectivity index (χ0n) is 15.9. The van der Waals surface area contributed by atoms with Gasteiger partial charge in [0.1, 0.15) is 11.9 Å². The minimum atomic E-state index is -3.74. The van der Waals surface area contributed by atoms with Crippen LogP contribution in [0, 0.1) is 0 Å². The van der Waals surface area contributed by atoms with Gasteiger partial charge >= 0.3 is 0 Å². The Morgan fingerprint density at radius 1 is 1.00 bits per heavy atom. The summed E-state index contributed by atoms with van der Waals surface area (Å²) in [6.07, 6.45) is 0.544. The largest absolute Gasteiger partial charge is 0.480 e. The highest BCUT2D eigenvalue weighted by Gasteiger charge is 2.31. The van der Waals surface area contributed by atoms with Crippen LogP contribution in [0.2, 0.25) is 5.02 Å². The highest BCUT2D eigenvalue weighted by atomic mass is 35.5. The molecule has 0 radical (unpaired) electrons. The lowest BCUT2D eigenvalue weighted by Gasteiger charge is -2.30. The molecular formula is C21H18ClNO5S2. The first-order valence-corrected chi connectivity index (χ1v) is 12.9. The third kappa shape index (κ3) is 4.09. The van der Waals surface area contributed by atoms with E-state index < -0.39 is 26.0 Å². The standard InChI is InChI=1S/C21H18ClNO5S2/c1-29(24,25)19-7-3-6-18-20(19)16-9-8-13(12-30(23,26)27)10-17(16)21(28-18)14-4-2-5-15(22)11-14/h2-11,21H,12H2,1H3,(H2,23,26,27). The van der Waals surface area contributed by atoms with Crippen LogP contribution >= 0.6 is 11.6 Å². The summed E-state index contributed by atoms with van der Waals surface area (Å²) in [5.41, 5.74) is 2.98. The van der Waals surface area contributed by atoms with Crippen molar-refractivity contribution >= 4 is 31.5 Å². The molecule has 0 fully saturated rings. The summed E-state index contributed by atoms with van der Waals surface area (Å²) in [5.74, 6) is 0.0814. The molecule has 3 aromatic carbocycles. The second-order valence-electron chi connectivity index (χ2n) is 7.18. The number of benzene rings is 3. The summed E-state index contributed by atoms with van der Waals surface area (Å²) >= 11 is 6.16. The Morgan fingerprint density at radius 3 is 2.40 bits per heavy atom. The Kier molecular flexibility index (Phi) is 5.14. The van der Waals surface area contributed by atoms with Gasteiger partial charge in [0.05, 0.1) is 10.6 Å². The molecule has 0 saturated carbocycles. The lowest BCUT2D eigenvalue weighted by Crippen LogP contribution is -2.19. The molecule has 0 amide bonds. The van der Waals surface area contributed by atoms with Crippen LogP contribution in [0.1, 0.15) is 22.8 Å². The molecule has 3 aromatic rings. The predicted molar refractivity (Wildman–Crippen MR) is 116 cm³/mol. The van der Waals surface area contributed by atoms with Crippen LogP contribution in [0.25, 0.3) is 11.1 Å². The van der Waals surface area contributed by atoms with Crippen molar-refractivity contribution in [2.75, 3.05) is 6.26 Å². The highest BCUT2D eigenvalue weighted by Crippen LogP contribution is 2.48. The second kappa shape index (κ2) is 7.39. The molecule has 0 aliphatic carbocycles. The monoisotopic (exact) mass is 463 g/mol. The van der Waals surface area contributed by atoms with E-state index in [9.17, 15) is 16.8 Å². The first-order chi connectivity index (χ1) is 14.0. The Bertz CT molecular complexity index is 1370. The molecule has 4 rings (SSSR count). The van der Waals surface area contributed by atoms with Crippen molar-refractivity contribution in [3.63, 3.8) is 0 Å². The van der Waals surface area contributed by atoms with Crippen LogP contribution in [0.3, 0.4) is 0 Å². The molecule has 6 nitrogen and oxygen atoms in total. The van der Waals surface area contributed by atoms with Gasteiger partial charge in [-0.25, -0.2) is 22.0 Å². The average molecular weight is 464 g/mol. The second-order valence-corrected chi connectivity index (χ2v) is 11.2. The molecule has 1 unspecified atom stereocenters. The molecule has 156 valence electrons. The number of sulfone groups is 1. The molecule has 0 aromatic heterocycles. The normalized spacial score (nSPS) is 15.8. The van der Waals surface area contributed by atoms with Crippen molar-refractivity contribution in [3.8, 4) is 16.9 Å². The summed E-state index contributed by atoms with van der Waals surface area (Å²) in [6.45, 7) is 0. The minimum absolute atomic E-state index is 0.144. The van der Waals surface area contributed by atoms with Gasteiger partial charge in [0.15, 0.2) is 9.84 Å². The van der Waals surface area contributed by atoms with E-state index in [1.54, 1.807) is 48.5 Å². The van der Waals surface area contributed by atoms with Gasteiger partial charge in [-0.2, -0.15) is 0 Å². The van der Waals surface area contributed by atoms with Crippen LogP contribution in [-0.4, -0.2) is 23.1 Å². The first kappa shape index (κ1) is 20.9. The van der Waals surface area contributed by atoms with Crippen molar-refractivity contribution in [2.24, 2.45) is 5.14 Å². The fourth-order valence-electron chi connectivity index (χ4n) is 3.67. The molecule has 9 heteroatoms.